The van der Waals surface area contributed by atoms with Gasteiger partial charge in [0.1, 0.15) is 6.04 Å². The summed E-state index contributed by atoms with van der Waals surface area (Å²) in [6.07, 6.45) is 2.21. The van der Waals surface area contributed by atoms with Crippen LogP contribution in [0.15, 0.2) is 54.7 Å². The first-order chi connectivity index (χ1) is 13.0. The van der Waals surface area contributed by atoms with Crippen molar-refractivity contribution in [2.24, 2.45) is 0 Å². The number of amides is 1. The Morgan fingerprint density at radius 1 is 1.11 bits per heavy atom. The van der Waals surface area contributed by atoms with Gasteiger partial charge in [0, 0.05) is 48.9 Å². The number of esters is 1. The van der Waals surface area contributed by atoms with Crippen molar-refractivity contribution in [3.8, 4) is 0 Å². The number of rotatable bonds is 6. The van der Waals surface area contributed by atoms with Crippen molar-refractivity contribution in [1.29, 1.82) is 0 Å². The van der Waals surface area contributed by atoms with Gasteiger partial charge in [-0.15, -0.1) is 0 Å². The van der Waals surface area contributed by atoms with Crippen molar-refractivity contribution in [2.75, 3.05) is 26.1 Å². The lowest BCUT2D eigenvalue weighted by atomic mass is 10.0. The molecule has 0 spiro atoms. The lowest BCUT2D eigenvalue weighted by Gasteiger charge is -2.17. The molecule has 140 valence electrons. The van der Waals surface area contributed by atoms with E-state index in [1.165, 1.54) is 7.11 Å². The normalized spacial score (nSPS) is 11.8. The summed E-state index contributed by atoms with van der Waals surface area (Å²) in [7, 11) is 5.19. The van der Waals surface area contributed by atoms with Crippen molar-refractivity contribution >= 4 is 28.5 Å². The first-order valence-corrected chi connectivity index (χ1v) is 8.70. The number of hydrogen-bond donors (Lipinski definition) is 2. The van der Waals surface area contributed by atoms with E-state index in [2.05, 4.69) is 10.3 Å². The lowest BCUT2D eigenvalue weighted by molar-refractivity contribution is -0.142. The number of fused-ring (bicyclic) bond motifs is 1. The number of anilines is 1. The summed E-state index contributed by atoms with van der Waals surface area (Å²) in [6.45, 7) is 0. The van der Waals surface area contributed by atoms with E-state index in [1.54, 1.807) is 12.1 Å². The summed E-state index contributed by atoms with van der Waals surface area (Å²) >= 11 is 0. The van der Waals surface area contributed by atoms with Gasteiger partial charge in [-0.25, -0.2) is 4.79 Å². The Morgan fingerprint density at radius 2 is 1.81 bits per heavy atom. The van der Waals surface area contributed by atoms with Crippen LogP contribution < -0.4 is 10.2 Å². The van der Waals surface area contributed by atoms with Crippen LogP contribution in [0.1, 0.15) is 15.9 Å². The molecule has 0 saturated heterocycles. The number of methoxy groups -OCH3 is 1. The summed E-state index contributed by atoms with van der Waals surface area (Å²) in [6, 6.07) is 14.3. The molecule has 3 aromatic rings. The molecule has 1 atom stereocenters. The highest BCUT2D eigenvalue weighted by Gasteiger charge is 2.24. The van der Waals surface area contributed by atoms with Gasteiger partial charge in [-0.1, -0.05) is 18.2 Å². The zero-order valence-electron chi connectivity index (χ0n) is 15.7. The number of carbonyl (C=O) groups excluding carboxylic acids is 2. The fourth-order valence-corrected chi connectivity index (χ4v) is 3.01. The molecule has 0 saturated carbocycles. The zero-order valence-corrected chi connectivity index (χ0v) is 15.7. The van der Waals surface area contributed by atoms with E-state index in [9.17, 15) is 9.59 Å². The van der Waals surface area contributed by atoms with Crippen LogP contribution in [0.3, 0.4) is 0 Å². The maximum atomic E-state index is 12.6. The standard InChI is InChI=1S/C21H23N3O3/c1-24(2)16-10-8-14(9-11-16)20(25)23-19(21(26)27-3)12-15-13-22-18-7-5-4-6-17(15)18/h4-11,13,19,22H,12H2,1-3H3,(H,23,25)/t19-/m1/s1. The highest BCUT2D eigenvalue weighted by molar-refractivity contribution is 5.97. The average molecular weight is 365 g/mol. The third kappa shape index (κ3) is 4.11. The second kappa shape index (κ2) is 7.95. The predicted octanol–water partition coefficient (Wildman–Crippen LogP) is 2.75. The molecule has 27 heavy (non-hydrogen) atoms. The van der Waals surface area contributed by atoms with Gasteiger partial charge < -0.3 is 19.9 Å². The van der Waals surface area contributed by atoms with Crippen molar-refractivity contribution in [1.82, 2.24) is 10.3 Å². The van der Waals surface area contributed by atoms with Crippen molar-refractivity contribution in [3.63, 3.8) is 0 Å². The van der Waals surface area contributed by atoms with Crippen molar-refractivity contribution in [3.05, 3.63) is 65.9 Å². The maximum absolute atomic E-state index is 12.6. The first kappa shape index (κ1) is 18.5. The number of ether oxygens (including phenoxy) is 1. The molecule has 2 aromatic carbocycles. The molecule has 2 N–H and O–H groups in total. The van der Waals surface area contributed by atoms with Crippen LogP contribution in [0, 0.1) is 0 Å². The van der Waals surface area contributed by atoms with Gasteiger partial charge in [-0.3, -0.25) is 4.79 Å². The van der Waals surface area contributed by atoms with Crippen LogP contribution in [-0.2, 0) is 16.0 Å². The second-order valence-electron chi connectivity index (χ2n) is 6.55. The summed E-state index contributed by atoms with van der Waals surface area (Å²) in [5.41, 5.74) is 3.43. The molecule has 6 heteroatoms. The molecule has 0 aliphatic rings. The molecular formula is C21H23N3O3. The average Bonchev–Trinajstić information content (AvgIpc) is 3.09. The van der Waals surface area contributed by atoms with Gasteiger partial charge in [0.05, 0.1) is 7.11 Å². The summed E-state index contributed by atoms with van der Waals surface area (Å²) in [4.78, 5) is 30.0. The minimum atomic E-state index is -0.768. The Labute approximate surface area is 158 Å². The third-order valence-electron chi connectivity index (χ3n) is 4.54. The van der Waals surface area contributed by atoms with Gasteiger partial charge in [0.15, 0.2) is 0 Å². The SMILES string of the molecule is COC(=O)[C@@H](Cc1c[nH]c2ccccc12)NC(=O)c1ccc(N(C)C)cc1. The molecular weight excluding hydrogens is 342 g/mol. The molecule has 3 rings (SSSR count). The van der Waals surface area contributed by atoms with Gasteiger partial charge >= 0.3 is 5.97 Å². The van der Waals surface area contributed by atoms with E-state index in [4.69, 9.17) is 4.74 Å². The van der Waals surface area contributed by atoms with Crippen molar-refractivity contribution in [2.45, 2.75) is 12.5 Å². The number of H-pyrrole nitrogens is 1. The van der Waals surface area contributed by atoms with Crippen LogP contribution in [0.2, 0.25) is 0 Å². The Balaban J connectivity index is 1.78. The number of aromatic amines is 1. The fraction of sp³-hybridized carbons (Fsp3) is 0.238. The summed E-state index contributed by atoms with van der Waals surface area (Å²) < 4.78 is 4.89. The minimum absolute atomic E-state index is 0.310. The largest absolute Gasteiger partial charge is 0.467 e. The molecule has 1 heterocycles. The van der Waals surface area contributed by atoms with Crippen LogP contribution in [0.5, 0.6) is 0 Å². The number of aromatic nitrogens is 1. The van der Waals surface area contributed by atoms with Gasteiger partial charge in [-0.2, -0.15) is 0 Å². The number of nitrogens with one attached hydrogen (secondary N) is 2. The van der Waals surface area contributed by atoms with E-state index in [0.29, 0.717) is 12.0 Å². The molecule has 6 nitrogen and oxygen atoms in total. The van der Waals surface area contributed by atoms with Crippen LogP contribution >= 0.6 is 0 Å². The molecule has 0 unspecified atom stereocenters. The number of para-hydroxylation sites is 1. The number of hydrogen-bond acceptors (Lipinski definition) is 4. The van der Waals surface area contributed by atoms with E-state index < -0.39 is 12.0 Å². The van der Waals surface area contributed by atoms with E-state index in [1.807, 2.05) is 61.6 Å². The highest BCUT2D eigenvalue weighted by Crippen LogP contribution is 2.20. The second-order valence-corrected chi connectivity index (χ2v) is 6.55. The Kier molecular flexibility index (Phi) is 5.45. The first-order valence-electron chi connectivity index (χ1n) is 8.70. The predicted molar refractivity (Wildman–Crippen MR) is 106 cm³/mol. The summed E-state index contributed by atoms with van der Waals surface area (Å²) in [5.74, 6) is -0.783. The Hall–Kier alpha value is -3.28. The van der Waals surface area contributed by atoms with E-state index in [-0.39, 0.29) is 5.91 Å². The Bertz CT molecular complexity index is 945. The van der Waals surface area contributed by atoms with Crippen LogP contribution in [0.4, 0.5) is 5.69 Å². The molecule has 0 bridgehead atoms. The smallest absolute Gasteiger partial charge is 0.328 e. The summed E-state index contributed by atoms with van der Waals surface area (Å²) in [5, 5.41) is 3.82. The maximum Gasteiger partial charge on any atom is 0.328 e. The molecule has 0 fully saturated rings. The topological polar surface area (TPSA) is 74.4 Å². The number of carbonyl (C=O) groups is 2. The highest BCUT2D eigenvalue weighted by atomic mass is 16.5. The van der Waals surface area contributed by atoms with Crippen LogP contribution in [-0.4, -0.2) is 44.1 Å². The monoisotopic (exact) mass is 365 g/mol. The molecule has 0 aliphatic heterocycles. The van der Waals surface area contributed by atoms with E-state index in [0.717, 1.165) is 22.2 Å². The Morgan fingerprint density at radius 3 is 2.48 bits per heavy atom. The molecule has 0 aliphatic carbocycles. The lowest BCUT2D eigenvalue weighted by Crippen LogP contribution is -2.43. The van der Waals surface area contributed by atoms with Gasteiger partial charge in [0.25, 0.3) is 5.91 Å². The van der Waals surface area contributed by atoms with Crippen LogP contribution in [0.25, 0.3) is 10.9 Å². The third-order valence-corrected chi connectivity index (χ3v) is 4.54. The number of benzene rings is 2. The quantitative estimate of drug-likeness (QED) is 0.659. The van der Waals surface area contributed by atoms with Gasteiger partial charge in [-0.05, 0) is 35.9 Å². The van der Waals surface area contributed by atoms with Crippen molar-refractivity contribution < 1.29 is 14.3 Å². The van der Waals surface area contributed by atoms with Gasteiger partial charge in [0.2, 0.25) is 0 Å². The fourth-order valence-electron chi connectivity index (χ4n) is 3.01. The molecule has 0 radical (unpaired) electrons. The molecule has 1 aromatic heterocycles. The molecule has 1 amide bonds. The number of nitrogens with zero attached hydrogens (tertiary/aromatic N) is 1. The minimum Gasteiger partial charge on any atom is -0.467 e. The zero-order chi connectivity index (χ0) is 19.4. The van der Waals surface area contributed by atoms with E-state index >= 15 is 0 Å².